The highest BCUT2D eigenvalue weighted by Crippen LogP contribution is 2.25. The molecule has 0 aliphatic carbocycles. The number of para-hydroxylation sites is 1. The molecule has 1 N–H and O–H groups in total. The largest absolute Gasteiger partial charge is 0.385 e. The van der Waals surface area contributed by atoms with Gasteiger partial charge in [0.15, 0.2) is 9.84 Å². The Labute approximate surface area is 121 Å². The number of rotatable bonds is 7. The van der Waals surface area contributed by atoms with Gasteiger partial charge in [-0.3, -0.25) is 0 Å². The quantitative estimate of drug-likeness (QED) is 0.840. The Kier molecular flexibility index (Phi) is 5.74. The van der Waals surface area contributed by atoms with E-state index in [0.29, 0.717) is 0 Å². The molecule has 0 saturated carbocycles. The second-order valence-electron chi connectivity index (χ2n) is 5.37. The molecule has 19 heavy (non-hydrogen) atoms. The van der Waals surface area contributed by atoms with Crippen LogP contribution in [0.4, 0.5) is 5.69 Å². The monoisotopic (exact) mass is 301 g/mol. The van der Waals surface area contributed by atoms with Crippen LogP contribution in [0.3, 0.4) is 0 Å². The van der Waals surface area contributed by atoms with E-state index in [4.69, 9.17) is 0 Å². The van der Waals surface area contributed by atoms with Crippen LogP contribution in [0.25, 0.3) is 0 Å². The molecule has 0 radical (unpaired) electrons. The lowest BCUT2D eigenvalue weighted by Gasteiger charge is -2.22. The zero-order valence-corrected chi connectivity index (χ0v) is 13.7. The molecule has 1 rings (SSSR count). The fraction of sp³-hybridized carbons (Fsp3) is 0.571. The summed E-state index contributed by atoms with van der Waals surface area (Å²) in [6.07, 6.45) is 4.40. The van der Waals surface area contributed by atoms with Crippen molar-refractivity contribution in [2.45, 2.75) is 30.8 Å². The highest BCUT2D eigenvalue weighted by Gasteiger charge is 2.15. The maximum absolute atomic E-state index is 11.4. The molecule has 0 aromatic heterocycles. The lowest BCUT2D eigenvalue weighted by molar-refractivity contribution is 0.601. The smallest absolute Gasteiger partial charge is 0.151 e. The van der Waals surface area contributed by atoms with E-state index in [-0.39, 0.29) is 10.5 Å². The number of sulfone groups is 1. The molecule has 1 aromatic rings. The van der Waals surface area contributed by atoms with Crippen LogP contribution in [-0.4, -0.2) is 32.2 Å². The Bertz CT molecular complexity index is 510. The fourth-order valence-corrected chi connectivity index (χ4v) is 2.82. The summed E-state index contributed by atoms with van der Waals surface area (Å²) in [4.78, 5) is 0. The van der Waals surface area contributed by atoms with Crippen molar-refractivity contribution in [2.75, 3.05) is 24.4 Å². The Hall–Kier alpha value is -0.680. The summed E-state index contributed by atoms with van der Waals surface area (Å²) >= 11 is 1.84. The molecule has 0 unspecified atom stereocenters. The van der Waals surface area contributed by atoms with Gasteiger partial charge in [-0.2, -0.15) is 11.8 Å². The van der Waals surface area contributed by atoms with Crippen molar-refractivity contribution in [2.24, 2.45) is 0 Å². The molecule has 0 bridgehead atoms. The third kappa shape index (κ3) is 6.34. The first-order valence-electron chi connectivity index (χ1n) is 6.28. The van der Waals surface area contributed by atoms with Crippen LogP contribution in [0.1, 0.15) is 25.8 Å². The normalized spacial score (nSPS) is 12.4. The third-order valence-corrected chi connectivity index (χ3v) is 5.17. The fourth-order valence-electron chi connectivity index (χ4n) is 1.70. The van der Waals surface area contributed by atoms with Gasteiger partial charge in [-0.1, -0.05) is 32.0 Å². The maximum Gasteiger partial charge on any atom is 0.151 e. The first kappa shape index (κ1) is 16.4. The second kappa shape index (κ2) is 6.66. The van der Waals surface area contributed by atoms with E-state index in [9.17, 15) is 8.42 Å². The van der Waals surface area contributed by atoms with Gasteiger partial charge in [0.2, 0.25) is 0 Å². The van der Waals surface area contributed by atoms with Gasteiger partial charge in [-0.15, -0.1) is 0 Å². The topological polar surface area (TPSA) is 46.2 Å². The summed E-state index contributed by atoms with van der Waals surface area (Å²) in [6.45, 7) is 5.26. The van der Waals surface area contributed by atoms with Gasteiger partial charge >= 0.3 is 0 Å². The highest BCUT2D eigenvalue weighted by molar-refractivity contribution is 7.99. The third-order valence-electron chi connectivity index (χ3n) is 3.03. The standard InChI is InChI=1S/C14H23NO2S2/c1-14(2,18-3)9-10-15-13-8-6-5-7-12(13)11-19(4,16)17/h5-8,15H,9-11H2,1-4H3. The van der Waals surface area contributed by atoms with Gasteiger partial charge in [0.25, 0.3) is 0 Å². The zero-order chi connectivity index (χ0) is 14.5. The summed E-state index contributed by atoms with van der Waals surface area (Å²) in [5, 5.41) is 3.35. The van der Waals surface area contributed by atoms with Gasteiger partial charge in [0.05, 0.1) is 5.75 Å². The molecule has 0 aliphatic rings. The molecule has 5 heteroatoms. The molecule has 0 saturated heterocycles. The summed E-state index contributed by atoms with van der Waals surface area (Å²) in [7, 11) is -3.00. The molecule has 0 spiro atoms. The van der Waals surface area contributed by atoms with Crippen LogP contribution in [0.2, 0.25) is 0 Å². The average molecular weight is 301 g/mol. The Morgan fingerprint density at radius 1 is 1.26 bits per heavy atom. The van der Waals surface area contributed by atoms with Crippen LogP contribution in [0.15, 0.2) is 24.3 Å². The lowest BCUT2D eigenvalue weighted by Crippen LogP contribution is -2.19. The van der Waals surface area contributed by atoms with Gasteiger partial charge < -0.3 is 5.32 Å². The zero-order valence-electron chi connectivity index (χ0n) is 12.1. The van der Waals surface area contributed by atoms with Crippen LogP contribution >= 0.6 is 11.8 Å². The Morgan fingerprint density at radius 2 is 1.89 bits per heavy atom. The van der Waals surface area contributed by atoms with E-state index in [2.05, 4.69) is 25.4 Å². The molecule has 108 valence electrons. The van der Waals surface area contributed by atoms with Crippen LogP contribution in [0.5, 0.6) is 0 Å². The molecule has 0 amide bonds. The van der Waals surface area contributed by atoms with Crippen molar-refractivity contribution in [1.82, 2.24) is 0 Å². The second-order valence-corrected chi connectivity index (χ2v) is 9.02. The molecule has 0 fully saturated rings. The summed E-state index contributed by atoms with van der Waals surface area (Å²) in [5.41, 5.74) is 1.76. The minimum atomic E-state index is -3.00. The van der Waals surface area contributed by atoms with Crippen LogP contribution in [-0.2, 0) is 15.6 Å². The number of nitrogens with one attached hydrogen (secondary N) is 1. The molecular weight excluding hydrogens is 278 g/mol. The van der Waals surface area contributed by atoms with Gasteiger partial charge in [0, 0.05) is 23.2 Å². The van der Waals surface area contributed by atoms with Gasteiger partial charge in [-0.25, -0.2) is 8.42 Å². The summed E-state index contributed by atoms with van der Waals surface area (Å²) in [5.74, 6) is 0.0854. The average Bonchev–Trinajstić information content (AvgIpc) is 2.29. The van der Waals surface area contributed by atoms with E-state index in [0.717, 1.165) is 24.2 Å². The number of hydrogen-bond acceptors (Lipinski definition) is 4. The predicted molar refractivity (Wildman–Crippen MR) is 85.7 cm³/mol. The first-order valence-corrected chi connectivity index (χ1v) is 9.57. The molecular formula is C14H23NO2S2. The van der Waals surface area contributed by atoms with Crippen molar-refractivity contribution in [3.8, 4) is 0 Å². The first-order chi connectivity index (χ1) is 8.73. The number of anilines is 1. The van der Waals surface area contributed by atoms with Gasteiger partial charge in [-0.05, 0) is 24.3 Å². The van der Waals surface area contributed by atoms with E-state index < -0.39 is 9.84 Å². The highest BCUT2D eigenvalue weighted by atomic mass is 32.2. The number of hydrogen-bond donors (Lipinski definition) is 1. The van der Waals surface area contributed by atoms with Crippen LogP contribution < -0.4 is 5.32 Å². The maximum atomic E-state index is 11.4. The molecule has 1 aromatic carbocycles. The minimum Gasteiger partial charge on any atom is -0.385 e. The van der Waals surface area contributed by atoms with Crippen molar-refractivity contribution < 1.29 is 8.42 Å². The predicted octanol–water partition coefficient (Wildman–Crippen LogP) is 3.17. The van der Waals surface area contributed by atoms with E-state index >= 15 is 0 Å². The minimum absolute atomic E-state index is 0.0854. The van der Waals surface area contributed by atoms with E-state index in [1.165, 1.54) is 6.26 Å². The van der Waals surface area contributed by atoms with E-state index in [1.54, 1.807) is 0 Å². The summed E-state index contributed by atoms with van der Waals surface area (Å²) < 4.78 is 23.0. The van der Waals surface area contributed by atoms with Crippen LogP contribution in [0, 0.1) is 0 Å². The number of benzene rings is 1. The Balaban J connectivity index is 2.69. The number of thioether (sulfide) groups is 1. The van der Waals surface area contributed by atoms with Gasteiger partial charge in [0.1, 0.15) is 0 Å². The van der Waals surface area contributed by atoms with Crippen molar-refractivity contribution in [3.63, 3.8) is 0 Å². The van der Waals surface area contributed by atoms with Crippen molar-refractivity contribution in [1.29, 1.82) is 0 Å². The molecule has 0 aliphatic heterocycles. The van der Waals surface area contributed by atoms with E-state index in [1.807, 2.05) is 36.0 Å². The SMILES string of the molecule is CSC(C)(C)CCNc1ccccc1CS(C)(=O)=O. The lowest BCUT2D eigenvalue weighted by atomic mass is 10.1. The molecule has 3 nitrogen and oxygen atoms in total. The Morgan fingerprint density at radius 3 is 2.47 bits per heavy atom. The van der Waals surface area contributed by atoms with Crippen molar-refractivity contribution >= 4 is 27.3 Å². The molecule has 0 heterocycles. The summed E-state index contributed by atoms with van der Waals surface area (Å²) in [6, 6.07) is 7.60. The molecule has 0 atom stereocenters. The van der Waals surface area contributed by atoms with Crippen molar-refractivity contribution in [3.05, 3.63) is 29.8 Å².